The minimum Gasteiger partial charge on any atom is -0.497 e. The highest BCUT2D eigenvalue weighted by Crippen LogP contribution is 2.28. The molecule has 29 heavy (non-hydrogen) atoms. The van der Waals surface area contributed by atoms with Crippen LogP contribution in [0, 0.1) is 0 Å². The number of methoxy groups -OCH3 is 2. The number of hydrogen-bond acceptors (Lipinski definition) is 6. The number of hydrogen-bond donors (Lipinski definition) is 2. The fraction of sp³-hybridized carbons (Fsp3) is 0.286. The number of rotatable bonds is 9. The molecule has 8 nitrogen and oxygen atoms in total. The van der Waals surface area contributed by atoms with Crippen molar-refractivity contribution in [3.8, 4) is 11.5 Å². The Bertz CT molecular complexity index is 854. The largest absolute Gasteiger partial charge is 0.497 e. The highest BCUT2D eigenvalue weighted by molar-refractivity contribution is 5.94. The van der Waals surface area contributed by atoms with Crippen LogP contribution >= 0.6 is 0 Å². The lowest BCUT2D eigenvalue weighted by Gasteiger charge is -2.17. The monoisotopic (exact) mass is 400 g/mol. The lowest BCUT2D eigenvalue weighted by atomic mass is 10.0. The molecule has 0 aliphatic heterocycles. The molecule has 0 saturated carbocycles. The average molecular weight is 400 g/mol. The smallest absolute Gasteiger partial charge is 0.308 e. The van der Waals surface area contributed by atoms with Crippen molar-refractivity contribution in [2.45, 2.75) is 19.4 Å². The van der Waals surface area contributed by atoms with Crippen molar-refractivity contribution in [2.75, 3.05) is 26.1 Å². The maximum absolute atomic E-state index is 12.2. The van der Waals surface area contributed by atoms with Gasteiger partial charge in [-0.25, -0.2) is 0 Å². The third-order valence-corrected chi connectivity index (χ3v) is 4.00. The number of nitrogens with one attached hydrogen (secondary N) is 2. The van der Waals surface area contributed by atoms with Gasteiger partial charge in [-0.3, -0.25) is 14.4 Å². The van der Waals surface area contributed by atoms with E-state index in [1.54, 1.807) is 30.3 Å². The van der Waals surface area contributed by atoms with E-state index in [9.17, 15) is 14.4 Å². The quantitative estimate of drug-likeness (QED) is 0.627. The molecule has 0 aliphatic rings. The average Bonchev–Trinajstić information content (AvgIpc) is 2.72. The van der Waals surface area contributed by atoms with Crippen LogP contribution in [-0.2, 0) is 19.1 Å². The van der Waals surface area contributed by atoms with Gasteiger partial charge in [-0.15, -0.1) is 0 Å². The Balaban J connectivity index is 1.92. The normalized spacial score (nSPS) is 11.1. The Hall–Kier alpha value is -3.55. The lowest BCUT2D eigenvalue weighted by Crippen LogP contribution is -2.29. The van der Waals surface area contributed by atoms with Gasteiger partial charge >= 0.3 is 5.97 Å². The fourth-order valence-corrected chi connectivity index (χ4v) is 2.64. The molecule has 0 aliphatic carbocycles. The van der Waals surface area contributed by atoms with E-state index in [-0.39, 0.29) is 12.3 Å². The highest BCUT2D eigenvalue weighted by Gasteiger charge is 2.19. The van der Waals surface area contributed by atoms with Gasteiger partial charge in [0.25, 0.3) is 5.91 Å². The van der Waals surface area contributed by atoms with Gasteiger partial charge < -0.3 is 24.8 Å². The Morgan fingerprint density at radius 1 is 1.00 bits per heavy atom. The summed E-state index contributed by atoms with van der Waals surface area (Å²) in [5, 5.41) is 5.33. The van der Waals surface area contributed by atoms with Crippen molar-refractivity contribution in [1.82, 2.24) is 5.32 Å². The first-order chi connectivity index (χ1) is 13.9. The van der Waals surface area contributed by atoms with Gasteiger partial charge in [0.15, 0.2) is 6.61 Å². The minimum atomic E-state index is -0.607. The second-order valence-corrected chi connectivity index (χ2v) is 6.14. The van der Waals surface area contributed by atoms with E-state index in [1.165, 1.54) is 21.1 Å². The van der Waals surface area contributed by atoms with Crippen LogP contribution in [0.5, 0.6) is 11.5 Å². The molecular formula is C21H24N2O6. The Morgan fingerprint density at radius 3 is 2.34 bits per heavy atom. The van der Waals surface area contributed by atoms with Crippen LogP contribution in [-0.4, -0.2) is 38.6 Å². The molecule has 0 bridgehead atoms. The lowest BCUT2D eigenvalue weighted by molar-refractivity contribution is -0.148. The fourth-order valence-electron chi connectivity index (χ4n) is 2.64. The molecular weight excluding hydrogens is 376 g/mol. The van der Waals surface area contributed by atoms with Crippen molar-refractivity contribution in [3.05, 3.63) is 54.1 Å². The molecule has 2 N–H and O–H groups in total. The first-order valence-corrected chi connectivity index (χ1v) is 8.92. The van der Waals surface area contributed by atoms with Gasteiger partial charge in [-0.05, 0) is 17.7 Å². The third kappa shape index (κ3) is 6.84. The van der Waals surface area contributed by atoms with Gasteiger partial charge in [-0.2, -0.15) is 0 Å². The summed E-state index contributed by atoms with van der Waals surface area (Å²) in [6.45, 7) is 0.909. The van der Waals surface area contributed by atoms with E-state index in [2.05, 4.69) is 10.6 Å². The first kappa shape index (κ1) is 21.7. The molecule has 0 saturated heterocycles. The zero-order chi connectivity index (χ0) is 21.2. The molecule has 1 atom stereocenters. The van der Waals surface area contributed by atoms with Crippen molar-refractivity contribution in [2.24, 2.45) is 0 Å². The first-order valence-electron chi connectivity index (χ1n) is 8.92. The molecule has 0 radical (unpaired) electrons. The summed E-state index contributed by atoms with van der Waals surface area (Å²) < 4.78 is 15.4. The van der Waals surface area contributed by atoms with Crippen LogP contribution in [0.25, 0.3) is 0 Å². The highest BCUT2D eigenvalue weighted by atomic mass is 16.5. The van der Waals surface area contributed by atoms with Crippen LogP contribution in [0.1, 0.15) is 24.9 Å². The summed E-state index contributed by atoms with van der Waals surface area (Å²) in [4.78, 5) is 35.7. The van der Waals surface area contributed by atoms with Crippen LogP contribution in [0.15, 0.2) is 48.5 Å². The van der Waals surface area contributed by atoms with E-state index in [0.29, 0.717) is 17.2 Å². The van der Waals surface area contributed by atoms with Gasteiger partial charge in [-0.1, -0.05) is 30.3 Å². The van der Waals surface area contributed by atoms with E-state index in [0.717, 1.165) is 5.56 Å². The standard InChI is InChI=1S/C21H24N2O6/c1-14(24)22-18(15-7-5-4-6-8-15)12-21(26)29-13-20(25)23-17-10-9-16(27-2)11-19(17)28-3/h4-11,18H,12-13H2,1-3H3,(H,22,24)(H,23,25)/t18-/m1/s1. The summed E-state index contributed by atoms with van der Waals surface area (Å²) in [6.07, 6.45) is -0.0945. The van der Waals surface area contributed by atoms with Crippen LogP contribution in [0.4, 0.5) is 5.69 Å². The van der Waals surface area contributed by atoms with Gasteiger partial charge in [0.1, 0.15) is 11.5 Å². The van der Waals surface area contributed by atoms with E-state index >= 15 is 0 Å². The summed E-state index contributed by atoms with van der Waals surface area (Å²) in [6, 6.07) is 13.4. The Kier molecular flexibility index (Phi) is 8.02. The number of esters is 1. The summed E-state index contributed by atoms with van der Waals surface area (Å²) in [7, 11) is 2.99. The van der Waals surface area contributed by atoms with Crippen molar-refractivity contribution >= 4 is 23.5 Å². The van der Waals surface area contributed by atoms with E-state index in [4.69, 9.17) is 14.2 Å². The molecule has 2 aromatic carbocycles. The molecule has 0 aromatic heterocycles. The topological polar surface area (TPSA) is 103 Å². The van der Waals surface area contributed by atoms with E-state index < -0.39 is 24.5 Å². The number of anilines is 1. The minimum absolute atomic E-state index is 0.0945. The second kappa shape index (κ2) is 10.7. The Morgan fingerprint density at radius 2 is 1.72 bits per heavy atom. The van der Waals surface area contributed by atoms with Gasteiger partial charge in [0.05, 0.1) is 32.4 Å². The SMILES string of the molecule is COc1ccc(NC(=O)COC(=O)C[C@@H](NC(C)=O)c2ccccc2)c(OC)c1. The predicted octanol–water partition coefficient (Wildman–Crippen LogP) is 2.45. The summed E-state index contributed by atoms with van der Waals surface area (Å²) in [5.74, 6) is -0.395. The number of benzene rings is 2. The molecule has 8 heteroatoms. The summed E-state index contributed by atoms with van der Waals surface area (Å²) in [5.41, 5.74) is 1.20. The third-order valence-electron chi connectivity index (χ3n) is 4.00. The maximum atomic E-state index is 12.2. The van der Waals surface area contributed by atoms with Gasteiger partial charge in [0, 0.05) is 13.0 Å². The Labute approximate surface area is 169 Å². The molecule has 2 rings (SSSR count). The molecule has 0 fully saturated rings. The number of ether oxygens (including phenoxy) is 3. The van der Waals surface area contributed by atoms with Crippen LogP contribution in [0.3, 0.4) is 0 Å². The van der Waals surface area contributed by atoms with Gasteiger partial charge in [0.2, 0.25) is 5.91 Å². The number of carbonyl (C=O) groups excluding carboxylic acids is 3. The summed E-state index contributed by atoms with van der Waals surface area (Å²) >= 11 is 0. The molecule has 0 unspecified atom stereocenters. The van der Waals surface area contributed by atoms with Crippen molar-refractivity contribution < 1.29 is 28.6 Å². The number of amides is 2. The number of carbonyl (C=O) groups is 3. The molecule has 0 spiro atoms. The zero-order valence-corrected chi connectivity index (χ0v) is 16.6. The van der Waals surface area contributed by atoms with Crippen LogP contribution in [0.2, 0.25) is 0 Å². The van der Waals surface area contributed by atoms with Crippen molar-refractivity contribution in [1.29, 1.82) is 0 Å². The molecule has 0 heterocycles. The molecule has 2 aromatic rings. The zero-order valence-electron chi connectivity index (χ0n) is 16.6. The van der Waals surface area contributed by atoms with Crippen LogP contribution < -0.4 is 20.1 Å². The molecule has 154 valence electrons. The predicted molar refractivity (Wildman–Crippen MR) is 107 cm³/mol. The van der Waals surface area contributed by atoms with E-state index in [1.807, 2.05) is 18.2 Å². The molecule has 2 amide bonds. The van der Waals surface area contributed by atoms with Crippen molar-refractivity contribution in [3.63, 3.8) is 0 Å². The maximum Gasteiger partial charge on any atom is 0.308 e. The second-order valence-electron chi connectivity index (χ2n) is 6.14.